The Hall–Kier alpha value is -2.82. The van der Waals surface area contributed by atoms with Crippen LogP contribution in [-0.4, -0.2) is 81.3 Å². The maximum atomic E-state index is 14.2. The molecule has 0 radical (unpaired) electrons. The molecule has 0 saturated heterocycles. The van der Waals surface area contributed by atoms with Crippen LogP contribution in [-0.2, 0) is 28.8 Å². The highest BCUT2D eigenvalue weighted by Gasteiger charge is 2.68. The number of amides is 1. The zero-order valence-electron chi connectivity index (χ0n) is 23.0. The number of aliphatic hydroxyl groups is 2. The van der Waals surface area contributed by atoms with E-state index in [1.165, 1.54) is 11.8 Å². The van der Waals surface area contributed by atoms with Crippen molar-refractivity contribution in [3.8, 4) is 0 Å². The smallest absolute Gasteiger partial charge is 0.235 e. The van der Waals surface area contributed by atoms with E-state index >= 15 is 0 Å². The molecule has 0 aromatic heterocycles. The van der Waals surface area contributed by atoms with Gasteiger partial charge in [0.05, 0.1) is 23.1 Å². The Kier molecular flexibility index (Phi) is 9.51. The molecule has 2 rings (SSSR count). The van der Waals surface area contributed by atoms with Crippen LogP contribution in [0.3, 0.4) is 0 Å². The normalized spacial score (nSPS) is 33.6. The van der Waals surface area contributed by atoms with Crippen LogP contribution in [0.2, 0.25) is 0 Å². The topological polar surface area (TPSA) is 172 Å². The molecule has 10 heteroatoms. The number of Topliss-reactive ketones (excluding diaryl/α,β-unsaturated/α-hetero) is 5. The van der Waals surface area contributed by atoms with Crippen LogP contribution >= 0.6 is 0 Å². The molecular formula is C28H40N2O8. The molecule has 8 atom stereocenters. The molecule has 0 heterocycles. The van der Waals surface area contributed by atoms with E-state index in [4.69, 9.17) is 5.73 Å². The molecule has 8 unspecified atom stereocenters. The van der Waals surface area contributed by atoms with Crippen molar-refractivity contribution in [3.63, 3.8) is 0 Å². The molecule has 4 N–H and O–H groups in total. The van der Waals surface area contributed by atoms with Crippen molar-refractivity contribution in [2.45, 2.75) is 70.6 Å². The zero-order valence-corrected chi connectivity index (χ0v) is 23.0. The van der Waals surface area contributed by atoms with Gasteiger partial charge in [-0.05, 0) is 60.0 Å². The molecule has 38 heavy (non-hydrogen) atoms. The van der Waals surface area contributed by atoms with Gasteiger partial charge in [0.1, 0.15) is 0 Å². The van der Waals surface area contributed by atoms with Gasteiger partial charge in [0, 0.05) is 11.8 Å². The Bertz CT molecular complexity index is 1070. The summed E-state index contributed by atoms with van der Waals surface area (Å²) in [5.74, 6) is -13.5. The molecule has 2 saturated carbocycles. The average Bonchev–Trinajstić information content (AvgIpc) is 2.88. The number of carbonyl (C=O) groups excluding carboxylic acids is 6. The molecule has 0 spiro atoms. The van der Waals surface area contributed by atoms with Crippen LogP contribution in [0, 0.1) is 29.6 Å². The van der Waals surface area contributed by atoms with Crippen molar-refractivity contribution in [1.82, 2.24) is 4.90 Å². The Labute approximate surface area is 223 Å². The van der Waals surface area contributed by atoms with Gasteiger partial charge in [-0.15, -0.1) is 0 Å². The van der Waals surface area contributed by atoms with Crippen molar-refractivity contribution < 1.29 is 39.0 Å². The maximum absolute atomic E-state index is 14.2. The summed E-state index contributed by atoms with van der Waals surface area (Å²) in [6.07, 6.45) is 4.00. The number of fused-ring (bicyclic) bond motifs is 1. The SMILES string of the molecule is C=C(C(C)=O)C(=O)C1C(=O)C2(O)C(=O)C(C(N)=O)C(=O)C(N(C)C)C(CCC)C2CC1C(C)(O)CC=CC. The molecule has 0 aromatic carbocycles. The second-order valence-corrected chi connectivity index (χ2v) is 11.0. The second kappa shape index (κ2) is 11.5. The Morgan fingerprint density at radius 1 is 1.21 bits per heavy atom. The predicted octanol–water partition coefficient (Wildman–Crippen LogP) is 0.570. The lowest BCUT2D eigenvalue weighted by Crippen LogP contribution is -2.67. The fourth-order valence-electron chi connectivity index (χ4n) is 6.31. The summed E-state index contributed by atoms with van der Waals surface area (Å²) in [5.41, 5.74) is 0.363. The molecule has 1 amide bonds. The van der Waals surface area contributed by atoms with Gasteiger partial charge in [-0.2, -0.15) is 0 Å². The van der Waals surface area contributed by atoms with Gasteiger partial charge in [0.2, 0.25) is 5.91 Å². The molecular weight excluding hydrogens is 492 g/mol. The lowest BCUT2D eigenvalue weighted by Gasteiger charge is -2.50. The number of allylic oxidation sites excluding steroid dienone is 2. The van der Waals surface area contributed by atoms with Gasteiger partial charge in [-0.25, -0.2) is 0 Å². The average molecular weight is 533 g/mol. The standard InChI is InChI=1S/C28H40N2O8/c1-8-10-12-27(5,37)18-13-17-16(11-9-2)21(30(6)7)23(33)20(26(29)36)25(35)28(17,38)24(34)19(18)22(32)14(3)15(4)31/h8,10,16-21,37-38H,3,9,11-13H2,1-2,4-7H3,(H2,29,36). The number of carbonyl (C=O) groups is 6. The fraction of sp³-hybridized carbons (Fsp3) is 0.643. The molecule has 0 bridgehead atoms. The highest BCUT2D eigenvalue weighted by molar-refractivity contribution is 6.32. The number of ketones is 5. The first-order valence-electron chi connectivity index (χ1n) is 12.9. The monoisotopic (exact) mass is 532 g/mol. The summed E-state index contributed by atoms with van der Waals surface area (Å²) in [6, 6.07) is -1.04. The highest BCUT2D eigenvalue weighted by atomic mass is 16.3. The van der Waals surface area contributed by atoms with E-state index in [-0.39, 0.29) is 12.8 Å². The van der Waals surface area contributed by atoms with E-state index in [1.54, 1.807) is 33.2 Å². The molecule has 0 aliphatic heterocycles. The van der Waals surface area contributed by atoms with E-state index in [1.807, 2.05) is 6.92 Å². The van der Waals surface area contributed by atoms with Crippen molar-refractivity contribution in [3.05, 3.63) is 24.3 Å². The third-order valence-corrected chi connectivity index (χ3v) is 8.27. The van der Waals surface area contributed by atoms with Crippen LogP contribution in [0.1, 0.15) is 53.4 Å². The first kappa shape index (κ1) is 31.4. The van der Waals surface area contributed by atoms with Crippen molar-refractivity contribution in [1.29, 1.82) is 0 Å². The summed E-state index contributed by atoms with van der Waals surface area (Å²) in [5, 5.41) is 23.5. The van der Waals surface area contributed by atoms with E-state index in [2.05, 4.69) is 6.58 Å². The van der Waals surface area contributed by atoms with Gasteiger partial charge in [-0.3, -0.25) is 33.7 Å². The number of hydrogen-bond acceptors (Lipinski definition) is 9. The first-order chi connectivity index (χ1) is 17.5. The van der Waals surface area contributed by atoms with Crippen molar-refractivity contribution in [2.75, 3.05) is 14.1 Å². The van der Waals surface area contributed by atoms with Gasteiger partial charge in [0.25, 0.3) is 0 Å². The van der Waals surface area contributed by atoms with Crippen molar-refractivity contribution >= 4 is 34.8 Å². The summed E-state index contributed by atoms with van der Waals surface area (Å²) >= 11 is 0. The van der Waals surface area contributed by atoms with Crippen LogP contribution in [0.15, 0.2) is 24.3 Å². The van der Waals surface area contributed by atoms with Crippen LogP contribution in [0.5, 0.6) is 0 Å². The third kappa shape index (κ3) is 5.21. The van der Waals surface area contributed by atoms with Crippen molar-refractivity contribution in [2.24, 2.45) is 35.3 Å². The fourth-order valence-corrected chi connectivity index (χ4v) is 6.31. The van der Waals surface area contributed by atoms with E-state index in [9.17, 15) is 39.0 Å². The van der Waals surface area contributed by atoms with Crippen LogP contribution in [0.4, 0.5) is 0 Å². The minimum absolute atomic E-state index is 0.0370. The number of primary amides is 1. The van der Waals surface area contributed by atoms with E-state index in [0.29, 0.717) is 12.8 Å². The summed E-state index contributed by atoms with van der Waals surface area (Å²) in [6.45, 7) is 9.60. The summed E-state index contributed by atoms with van der Waals surface area (Å²) < 4.78 is 0. The Morgan fingerprint density at radius 2 is 1.79 bits per heavy atom. The summed E-state index contributed by atoms with van der Waals surface area (Å²) in [4.78, 5) is 81.0. The predicted molar refractivity (Wildman–Crippen MR) is 138 cm³/mol. The maximum Gasteiger partial charge on any atom is 0.235 e. The molecule has 2 aliphatic carbocycles. The largest absolute Gasteiger partial charge is 0.390 e. The lowest BCUT2D eigenvalue weighted by molar-refractivity contribution is -0.181. The molecule has 2 fully saturated rings. The lowest BCUT2D eigenvalue weighted by atomic mass is 9.54. The second-order valence-electron chi connectivity index (χ2n) is 11.0. The molecule has 0 aromatic rings. The van der Waals surface area contributed by atoms with Crippen LogP contribution < -0.4 is 5.73 Å². The molecule has 10 nitrogen and oxygen atoms in total. The number of nitrogens with two attached hydrogens (primary N) is 1. The molecule has 210 valence electrons. The first-order valence-corrected chi connectivity index (χ1v) is 12.9. The Morgan fingerprint density at radius 3 is 2.24 bits per heavy atom. The summed E-state index contributed by atoms with van der Waals surface area (Å²) in [7, 11) is 3.18. The number of rotatable bonds is 10. The van der Waals surface area contributed by atoms with Gasteiger partial charge in [0.15, 0.2) is 40.4 Å². The van der Waals surface area contributed by atoms with Gasteiger partial charge in [-0.1, -0.05) is 32.1 Å². The molecule has 2 aliphatic rings. The van der Waals surface area contributed by atoms with E-state index < -0.39 is 87.2 Å². The third-order valence-electron chi connectivity index (χ3n) is 8.27. The van der Waals surface area contributed by atoms with Crippen LogP contribution in [0.25, 0.3) is 0 Å². The number of nitrogens with zero attached hydrogens (tertiary/aromatic N) is 1. The number of hydrogen-bond donors (Lipinski definition) is 3. The van der Waals surface area contributed by atoms with Gasteiger partial charge >= 0.3 is 0 Å². The van der Waals surface area contributed by atoms with Gasteiger partial charge < -0.3 is 15.9 Å². The minimum atomic E-state index is -2.91. The number of likely N-dealkylation sites (N-methyl/N-ethyl adjacent to an activating group) is 1. The zero-order chi connectivity index (χ0) is 29.3. The van der Waals surface area contributed by atoms with E-state index in [0.717, 1.165) is 6.92 Å². The highest BCUT2D eigenvalue weighted by Crippen LogP contribution is 2.52. The Balaban J connectivity index is 2.92. The quantitative estimate of drug-likeness (QED) is 0.157. The minimum Gasteiger partial charge on any atom is -0.390 e.